The molecular weight excluding hydrogens is 433 g/mol. The molecule has 0 amide bonds. The molecule has 1 aliphatic heterocycles. The molecule has 4 aromatic rings. The molecule has 0 bridgehead atoms. The van der Waals surface area contributed by atoms with E-state index in [0.29, 0.717) is 12.2 Å². The molecule has 3 N–H and O–H groups in total. The minimum Gasteiger partial charge on any atom is -0.480 e. The molecule has 5 nitrogen and oxygen atoms in total. The third kappa shape index (κ3) is 4.05. The fourth-order valence-electron chi connectivity index (χ4n) is 4.23. The van der Waals surface area contributed by atoms with Crippen molar-refractivity contribution >= 4 is 16.9 Å². The van der Waals surface area contributed by atoms with Crippen LogP contribution in [-0.2, 0) is 17.4 Å². The summed E-state index contributed by atoms with van der Waals surface area (Å²) in [4.78, 5) is 15.2. The average molecular weight is 452 g/mol. The van der Waals surface area contributed by atoms with Crippen molar-refractivity contribution in [1.82, 2.24) is 10.3 Å². The van der Waals surface area contributed by atoms with Crippen LogP contribution in [0.1, 0.15) is 28.4 Å². The van der Waals surface area contributed by atoms with Gasteiger partial charge in [-0.3, -0.25) is 10.1 Å². The topological polar surface area (TPSA) is 74.3 Å². The van der Waals surface area contributed by atoms with E-state index >= 15 is 0 Å². The number of halogens is 3. The molecule has 0 radical (unpaired) electrons. The Hall–Kier alpha value is -3.78. The molecule has 0 fully saturated rings. The average Bonchev–Trinajstić information content (AvgIpc) is 3.17. The standard InChI is InChI=1S/C25H19F3N2O3/c26-25(27,28)15-7-11-17(12-8-15)33-16-9-5-14(6-10-16)22-23-19(13-21(30-22)24(31)32)18-3-1-2-4-20(18)29-23/h1-12,21-22,29-30H,13H2,(H,31,32). The molecule has 0 saturated carbocycles. The van der Waals surface area contributed by atoms with E-state index in [1.54, 1.807) is 12.1 Å². The lowest BCUT2D eigenvalue weighted by Gasteiger charge is -2.29. The van der Waals surface area contributed by atoms with Gasteiger partial charge in [-0.25, -0.2) is 0 Å². The Balaban J connectivity index is 1.42. The molecule has 3 aromatic carbocycles. The number of carboxylic acids is 1. The maximum Gasteiger partial charge on any atom is 0.416 e. The highest BCUT2D eigenvalue weighted by molar-refractivity contribution is 5.87. The number of ether oxygens (including phenoxy) is 1. The zero-order valence-electron chi connectivity index (χ0n) is 17.2. The van der Waals surface area contributed by atoms with E-state index in [1.807, 2.05) is 36.4 Å². The summed E-state index contributed by atoms with van der Waals surface area (Å²) >= 11 is 0. The highest BCUT2D eigenvalue weighted by Gasteiger charge is 2.34. The van der Waals surface area contributed by atoms with E-state index in [4.69, 9.17) is 4.74 Å². The lowest BCUT2D eigenvalue weighted by molar-refractivity contribution is -0.140. The molecule has 0 aliphatic carbocycles. The first-order valence-corrected chi connectivity index (χ1v) is 10.3. The summed E-state index contributed by atoms with van der Waals surface area (Å²) in [5, 5.41) is 13.9. The number of carboxylic acid groups (broad SMARTS) is 1. The normalized spacial score (nSPS) is 18.2. The molecule has 2 unspecified atom stereocenters. The molecule has 1 aliphatic rings. The summed E-state index contributed by atoms with van der Waals surface area (Å²) in [5.74, 6) is -0.172. The van der Waals surface area contributed by atoms with Crippen molar-refractivity contribution in [2.24, 2.45) is 0 Å². The quantitative estimate of drug-likeness (QED) is 0.373. The van der Waals surface area contributed by atoms with Gasteiger partial charge in [-0.15, -0.1) is 0 Å². The number of aromatic nitrogens is 1. The van der Waals surface area contributed by atoms with Crippen LogP contribution in [0.4, 0.5) is 13.2 Å². The highest BCUT2D eigenvalue weighted by Crippen LogP contribution is 2.36. The molecule has 33 heavy (non-hydrogen) atoms. The summed E-state index contributed by atoms with van der Waals surface area (Å²) in [6.07, 6.45) is -4.03. The summed E-state index contributed by atoms with van der Waals surface area (Å²) < 4.78 is 43.9. The van der Waals surface area contributed by atoms with Crippen molar-refractivity contribution in [1.29, 1.82) is 0 Å². The number of fused-ring (bicyclic) bond motifs is 3. The van der Waals surface area contributed by atoms with Crippen LogP contribution in [0, 0.1) is 0 Å². The van der Waals surface area contributed by atoms with Crippen LogP contribution in [0.5, 0.6) is 11.5 Å². The van der Waals surface area contributed by atoms with Crippen molar-refractivity contribution < 1.29 is 27.8 Å². The maximum absolute atomic E-state index is 12.7. The van der Waals surface area contributed by atoms with Crippen molar-refractivity contribution in [2.75, 3.05) is 0 Å². The number of para-hydroxylation sites is 1. The fourth-order valence-corrected chi connectivity index (χ4v) is 4.23. The monoisotopic (exact) mass is 452 g/mol. The van der Waals surface area contributed by atoms with E-state index in [2.05, 4.69) is 10.3 Å². The van der Waals surface area contributed by atoms with Gasteiger partial charge in [0.25, 0.3) is 0 Å². The van der Waals surface area contributed by atoms with Gasteiger partial charge in [0.15, 0.2) is 0 Å². The minimum absolute atomic E-state index is 0.287. The number of aliphatic carboxylic acids is 1. The molecule has 168 valence electrons. The number of benzene rings is 3. The second-order valence-electron chi connectivity index (χ2n) is 7.95. The molecule has 1 aromatic heterocycles. The van der Waals surface area contributed by atoms with Crippen molar-refractivity contribution in [3.8, 4) is 11.5 Å². The van der Waals surface area contributed by atoms with Gasteiger partial charge < -0.3 is 14.8 Å². The van der Waals surface area contributed by atoms with Crippen LogP contribution in [0.3, 0.4) is 0 Å². The Morgan fingerprint density at radius 1 is 0.939 bits per heavy atom. The SMILES string of the molecule is O=C(O)C1Cc2c([nH]c3ccccc23)C(c2ccc(Oc3ccc(C(F)(F)F)cc3)cc2)N1. The Kier molecular flexibility index (Phi) is 5.09. The van der Waals surface area contributed by atoms with E-state index in [-0.39, 0.29) is 11.8 Å². The van der Waals surface area contributed by atoms with Crippen LogP contribution in [0.25, 0.3) is 10.9 Å². The second kappa shape index (κ2) is 7.97. The van der Waals surface area contributed by atoms with Crippen LogP contribution in [0.2, 0.25) is 0 Å². The lowest BCUT2D eigenvalue weighted by Crippen LogP contribution is -2.44. The molecule has 2 atom stereocenters. The lowest BCUT2D eigenvalue weighted by atomic mass is 9.90. The third-order valence-corrected chi connectivity index (χ3v) is 5.84. The van der Waals surface area contributed by atoms with Gasteiger partial charge >= 0.3 is 12.1 Å². The fraction of sp³-hybridized carbons (Fsp3) is 0.160. The molecule has 8 heteroatoms. The van der Waals surface area contributed by atoms with Gasteiger partial charge in [-0.05, 0) is 53.6 Å². The van der Waals surface area contributed by atoms with Crippen molar-refractivity contribution in [3.05, 3.63) is 95.2 Å². The molecule has 0 spiro atoms. The Morgan fingerprint density at radius 2 is 1.58 bits per heavy atom. The summed E-state index contributed by atoms with van der Waals surface area (Å²) in [6.45, 7) is 0. The number of nitrogens with one attached hydrogen (secondary N) is 2. The number of rotatable bonds is 4. The van der Waals surface area contributed by atoms with Crippen LogP contribution < -0.4 is 10.1 Å². The summed E-state index contributed by atoms with van der Waals surface area (Å²) in [7, 11) is 0. The first kappa shape index (κ1) is 21.1. The number of carbonyl (C=O) groups is 1. The predicted molar refractivity (Wildman–Crippen MR) is 116 cm³/mol. The van der Waals surface area contributed by atoms with E-state index in [0.717, 1.165) is 39.9 Å². The maximum atomic E-state index is 12.7. The van der Waals surface area contributed by atoms with Gasteiger partial charge in [0, 0.05) is 23.0 Å². The van der Waals surface area contributed by atoms with Crippen LogP contribution in [-0.4, -0.2) is 22.1 Å². The number of aromatic amines is 1. The first-order valence-electron chi connectivity index (χ1n) is 10.3. The summed E-state index contributed by atoms with van der Waals surface area (Å²) in [6, 6.07) is 18.2. The molecule has 2 heterocycles. The van der Waals surface area contributed by atoms with E-state index in [1.165, 1.54) is 12.1 Å². The summed E-state index contributed by atoms with van der Waals surface area (Å²) in [5.41, 5.74) is 2.95. The number of H-pyrrole nitrogens is 1. The molecular formula is C25H19F3N2O3. The third-order valence-electron chi connectivity index (χ3n) is 5.84. The van der Waals surface area contributed by atoms with Gasteiger partial charge in [-0.2, -0.15) is 13.2 Å². The smallest absolute Gasteiger partial charge is 0.416 e. The Morgan fingerprint density at radius 3 is 2.21 bits per heavy atom. The van der Waals surface area contributed by atoms with E-state index in [9.17, 15) is 23.1 Å². The largest absolute Gasteiger partial charge is 0.480 e. The van der Waals surface area contributed by atoms with E-state index < -0.39 is 23.8 Å². The Labute approximate surface area is 186 Å². The Bertz CT molecular complexity index is 1310. The number of alkyl halides is 3. The zero-order chi connectivity index (χ0) is 23.2. The van der Waals surface area contributed by atoms with Gasteiger partial charge in [0.2, 0.25) is 0 Å². The number of hydrogen-bond acceptors (Lipinski definition) is 3. The number of hydrogen-bond donors (Lipinski definition) is 3. The minimum atomic E-state index is -4.40. The first-order chi connectivity index (χ1) is 15.8. The van der Waals surface area contributed by atoms with Crippen molar-refractivity contribution in [2.45, 2.75) is 24.7 Å². The van der Waals surface area contributed by atoms with Crippen molar-refractivity contribution in [3.63, 3.8) is 0 Å². The second-order valence-corrected chi connectivity index (χ2v) is 7.95. The zero-order valence-corrected chi connectivity index (χ0v) is 17.2. The van der Waals surface area contributed by atoms with Gasteiger partial charge in [0.1, 0.15) is 17.5 Å². The van der Waals surface area contributed by atoms with Gasteiger partial charge in [-0.1, -0.05) is 30.3 Å². The van der Waals surface area contributed by atoms with Gasteiger partial charge in [0.05, 0.1) is 11.6 Å². The highest BCUT2D eigenvalue weighted by atomic mass is 19.4. The molecule has 0 saturated heterocycles. The molecule has 5 rings (SSSR count). The van der Waals surface area contributed by atoms with Crippen LogP contribution in [0.15, 0.2) is 72.8 Å². The predicted octanol–water partition coefficient (Wildman–Crippen LogP) is 5.67. The van der Waals surface area contributed by atoms with Crippen LogP contribution >= 0.6 is 0 Å².